The van der Waals surface area contributed by atoms with Gasteiger partial charge in [0.15, 0.2) is 5.76 Å². The van der Waals surface area contributed by atoms with Gasteiger partial charge in [-0.3, -0.25) is 9.59 Å². The van der Waals surface area contributed by atoms with Crippen molar-refractivity contribution in [3.05, 3.63) is 67.5 Å². The Morgan fingerprint density at radius 1 is 1.20 bits per heavy atom. The minimum atomic E-state index is -0.308. The first-order chi connectivity index (χ1) is 12.1. The van der Waals surface area contributed by atoms with E-state index < -0.39 is 0 Å². The topological polar surface area (TPSA) is 81.5 Å². The number of nitrogens with one attached hydrogen (secondary N) is 1. The van der Waals surface area contributed by atoms with E-state index in [9.17, 15) is 9.59 Å². The summed E-state index contributed by atoms with van der Waals surface area (Å²) in [6.45, 7) is 0. The number of hydrogen-bond donors (Lipinski definition) is 1. The molecule has 0 spiro atoms. The fraction of sp³-hybridized carbons (Fsp3) is 0.111. The molecule has 0 radical (unpaired) electrons. The smallest absolute Gasteiger partial charge is 0.266 e. The Balaban J connectivity index is 2.02. The van der Waals surface area contributed by atoms with Crippen molar-refractivity contribution in [2.45, 2.75) is 0 Å². The second-order valence-electron chi connectivity index (χ2n) is 5.06. The number of aromatic amines is 1. The number of hydrogen-bond acceptors (Lipinski definition) is 6. The Morgan fingerprint density at radius 3 is 2.52 bits per heavy atom. The molecule has 6 nitrogen and oxygen atoms in total. The highest BCUT2D eigenvalue weighted by molar-refractivity contribution is 7.07. The van der Waals surface area contributed by atoms with Crippen molar-refractivity contribution in [2.75, 3.05) is 14.2 Å². The molecule has 0 aliphatic carbocycles. The van der Waals surface area contributed by atoms with Gasteiger partial charge in [0.25, 0.3) is 5.56 Å². The second kappa shape index (κ2) is 7.23. The van der Waals surface area contributed by atoms with E-state index in [1.807, 2.05) is 0 Å². The largest absolute Gasteiger partial charge is 0.497 e. The van der Waals surface area contributed by atoms with E-state index in [4.69, 9.17) is 13.9 Å². The van der Waals surface area contributed by atoms with Crippen molar-refractivity contribution in [1.82, 2.24) is 4.98 Å². The van der Waals surface area contributed by atoms with Crippen LogP contribution in [0.15, 0.2) is 45.8 Å². The van der Waals surface area contributed by atoms with Crippen LogP contribution in [0.25, 0.3) is 12.2 Å². The van der Waals surface area contributed by atoms with Crippen LogP contribution in [0.5, 0.6) is 11.5 Å². The third-order valence-electron chi connectivity index (χ3n) is 3.38. The minimum Gasteiger partial charge on any atom is -0.497 e. The molecule has 0 amide bonds. The summed E-state index contributed by atoms with van der Waals surface area (Å²) in [7, 11) is 3.12. The van der Waals surface area contributed by atoms with E-state index in [-0.39, 0.29) is 17.1 Å². The first kappa shape index (κ1) is 16.8. The molecular formula is C18H15NO5S. The first-order valence-electron chi connectivity index (χ1n) is 7.32. The number of methoxy groups -OCH3 is 2. The summed E-state index contributed by atoms with van der Waals surface area (Å²) in [5.74, 6) is 1.16. The van der Waals surface area contributed by atoms with E-state index in [1.165, 1.54) is 23.7 Å². The molecule has 25 heavy (non-hydrogen) atoms. The molecule has 0 aliphatic heterocycles. The fourth-order valence-electron chi connectivity index (χ4n) is 2.20. The van der Waals surface area contributed by atoms with Crippen LogP contribution in [-0.4, -0.2) is 25.0 Å². The summed E-state index contributed by atoms with van der Waals surface area (Å²) in [4.78, 5) is 26.8. The molecule has 0 atom stereocenters. The normalized spacial score (nSPS) is 12.4. The van der Waals surface area contributed by atoms with E-state index in [0.717, 1.165) is 5.56 Å². The van der Waals surface area contributed by atoms with Gasteiger partial charge in [-0.15, -0.1) is 11.3 Å². The Bertz CT molecular complexity index is 1040. The SMILES string of the molecule is COc1cc(C=c2sc(=CC(=O)c3ccco3)[nH]c2=O)cc(OC)c1. The zero-order valence-electron chi connectivity index (χ0n) is 13.6. The second-order valence-corrected chi connectivity index (χ2v) is 6.14. The molecule has 0 fully saturated rings. The number of ether oxygens (including phenoxy) is 2. The Morgan fingerprint density at radius 2 is 1.92 bits per heavy atom. The van der Waals surface area contributed by atoms with Crippen LogP contribution in [0, 0.1) is 0 Å². The molecule has 1 N–H and O–H groups in total. The molecule has 2 aromatic heterocycles. The number of benzene rings is 1. The summed E-state index contributed by atoms with van der Waals surface area (Å²) in [5, 5.41) is 0. The monoisotopic (exact) mass is 357 g/mol. The quantitative estimate of drug-likeness (QED) is 0.701. The lowest BCUT2D eigenvalue weighted by Crippen LogP contribution is -2.20. The maximum absolute atomic E-state index is 12.1. The third-order valence-corrected chi connectivity index (χ3v) is 4.34. The van der Waals surface area contributed by atoms with Gasteiger partial charge in [-0.2, -0.15) is 0 Å². The van der Waals surface area contributed by atoms with Gasteiger partial charge in [0.1, 0.15) is 11.5 Å². The number of furan rings is 1. The number of carbonyl (C=O) groups is 1. The highest BCUT2D eigenvalue weighted by atomic mass is 32.1. The molecule has 0 unspecified atom stereocenters. The number of thiazole rings is 1. The predicted octanol–water partition coefficient (Wildman–Crippen LogP) is 1.54. The Hall–Kier alpha value is -3.06. The molecular weight excluding hydrogens is 342 g/mol. The van der Waals surface area contributed by atoms with Crippen LogP contribution in [0.1, 0.15) is 16.1 Å². The van der Waals surface area contributed by atoms with Crippen molar-refractivity contribution in [2.24, 2.45) is 0 Å². The van der Waals surface area contributed by atoms with E-state index in [0.29, 0.717) is 20.7 Å². The van der Waals surface area contributed by atoms with Crippen LogP contribution in [0.4, 0.5) is 0 Å². The minimum absolute atomic E-state index is 0.220. The maximum atomic E-state index is 12.1. The van der Waals surface area contributed by atoms with Gasteiger partial charge in [-0.25, -0.2) is 0 Å². The zero-order chi connectivity index (χ0) is 17.8. The standard InChI is InChI=1S/C18H15NO5S/c1-22-12-6-11(7-13(9-12)23-2)8-16-18(21)19-17(25-16)10-14(20)15-4-3-5-24-15/h3-10H,1-2H3,(H,19,21). The van der Waals surface area contributed by atoms with Crippen LogP contribution in [0.2, 0.25) is 0 Å². The summed E-state index contributed by atoms with van der Waals surface area (Å²) >= 11 is 1.18. The molecule has 3 aromatic rings. The number of rotatable bonds is 5. The van der Waals surface area contributed by atoms with Gasteiger partial charge < -0.3 is 18.9 Å². The number of Topliss-reactive ketones (excluding diaryl/α,β-unsaturated/α-hetero) is 1. The van der Waals surface area contributed by atoms with Crippen molar-refractivity contribution >= 4 is 29.3 Å². The van der Waals surface area contributed by atoms with Crippen LogP contribution < -0.4 is 24.2 Å². The zero-order valence-corrected chi connectivity index (χ0v) is 14.4. The highest BCUT2D eigenvalue weighted by Crippen LogP contribution is 2.22. The van der Waals surface area contributed by atoms with E-state index in [1.54, 1.807) is 50.6 Å². The lowest BCUT2D eigenvalue weighted by Gasteiger charge is -2.05. The average molecular weight is 357 g/mol. The van der Waals surface area contributed by atoms with Crippen molar-refractivity contribution in [1.29, 1.82) is 0 Å². The molecule has 0 saturated heterocycles. The molecule has 128 valence electrons. The van der Waals surface area contributed by atoms with Gasteiger partial charge in [0, 0.05) is 12.1 Å². The third kappa shape index (κ3) is 3.89. The van der Waals surface area contributed by atoms with Crippen molar-refractivity contribution in [3.63, 3.8) is 0 Å². The van der Waals surface area contributed by atoms with Gasteiger partial charge in [0.2, 0.25) is 5.78 Å². The van der Waals surface area contributed by atoms with Gasteiger partial charge >= 0.3 is 0 Å². The van der Waals surface area contributed by atoms with E-state index >= 15 is 0 Å². The molecule has 0 bridgehead atoms. The highest BCUT2D eigenvalue weighted by Gasteiger charge is 2.06. The average Bonchev–Trinajstić information content (AvgIpc) is 3.25. The summed E-state index contributed by atoms with van der Waals surface area (Å²) in [6, 6.07) is 8.53. The number of carbonyl (C=O) groups excluding carboxylic acids is 1. The van der Waals surface area contributed by atoms with E-state index in [2.05, 4.69) is 4.98 Å². The number of aromatic nitrogens is 1. The fourth-order valence-corrected chi connectivity index (χ4v) is 3.08. The van der Waals surface area contributed by atoms with Crippen LogP contribution >= 0.6 is 11.3 Å². The molecule has 0 aliphatic rings. The summed E-state index contributed by atoms with van der Waals surface area (Å²) < 4.78 is 16.4. The summed E-state index contributed by atoms with van der Waals surface area (Å²) in [5.41, 5.74) is 0.484. The maximum Gasteiger partial charge on any atom is 0.266 e. The lowest BCUT2D eigenvalue weighted by molar-refractivity contribution is 0.103. The molecule has 7 heteroatoms. The predicted molar refractivity (Wildman–Crippen MR) is 94.8 cm³/mol. The molecule has 3 rings (SSSR count). The number of H-pyrrole nitrogens is 1. The lowest BCUT2D eigenvalue weighted by atomic mass is 10.2. The Labute approximate surface area is 146 Å². The van der Waals surface area contributed by atoms with Crippen LogP contribution in [-0.2, 0) is 0 Å². The first-order valence-corrected chi connectivity index (χ1v) is 8.14. The van der Waals surface area contributed by atoms with Crippen molar-refractivity contribution < 1.29 is 18.7 Å². The van der Waals surface area contributed by atoms with Gasteiger partial charge in [-0.05, 0) is 35.9 Å². The molecule has 2 heterocycles. The number of ketones is 1. The molecule has 0 saturated carbocycles. The Kier molecular flexibility index (Phi) is 4.85. The van der Waals surface area contributed by atoms with Gasteiger partial charge in [0.05, 0.1) is 29.7 Å². The van der Waals surface area contributed by atoms with Crippen molar-refractivity contribution in [3.8, 4) is 11.5 Å². The molecule has 1 aromatic carbocycles. The van der Waals surface area contributed by atoms with Gasteiger partial charge in [-0.1, -0.05) is 0 Å². The summed E-state index contributed by atoms with van der Waals surface area (Å²) in [6.07, 6.45) is 4.48. The van der Waals surface area contributed by atoms with Crippen LogP contribution in [0.3, 0.4) is 0 Å².